The summed E-state index contributed by atoms with van der Waals surface area (Å²) in [5, 5.41) is 0. The van der Waals surface area contributed by atoms with Gasteiger partial charge in [0, 0.05) is 5.57 Å². The number of carbonyl (C=O) groups excluding carboxylic acids is 1. The summed E-state index contributed by atoms with van der Waals surface area (Å²) in [6.45, 7) is 8.69. The molecule has 4 heteroatoms. The average Bonchev–Trinajstić information content (AvgIpc) is 2.51. The van der Waals surface area contributed by atoms with Gasteiger partial charge in [-0.25, -0.2) is 4.39 Å². The summed E-state index contributed by atoms with van der Waals surface area (Å²) in [4.78, 5) is 11.9. The summed E-state index contributed by atoms with van der Waals surface area (Å²) in [6.07, 6.45) is 2.98. The molecule has 1 rings (SSSR count). The first-order valence-electron chi connectivity index (χ1n) is 6.99. The Morgan fingerprint density at radius 3 is 2.41 bits per heavy atom. The molecule has 118 valence electrons. The molecule has 0 fully saturated rings. The van der Waals surface area contributed by atoms with E-state index in [1.165, 1.54) is 6.08 Å². The Morgan fingerprint density at radius 1 is 1.32 bits per heavy atom. The maximum atomic E-state index is 14.3. The van der Waals surface area contributed by atoms with Crippen molar-refractivity contribution in [1.29, 1.82) is 0 Å². The van der Waals surface area contributed by atoms with Gasteiger partial charge in [0.15, 0.2) is 5.56 Å². The SMILES string of the molecule is C=C(C(F)=CC(=CC)C(C)C(=O)OC(C)Cl)c1ccccc1. The fraction of sp³-hybridized carbons (Fsp3) is 0.278. The Balaban J connectivity index is 2.92. The van der Waals surface area contributed by atoms with Crippen LogP contribution in [0.5, 0.6) is 0 Å². The lowest BCUT2D eigenvalue weighted by atomic mass is 9.98. The van der Waals surface area contributed by atoms with Crippen molar-refractivity contribution in [3.8, 4) is 0 Å². The van der Waals surface area contributed by atoms with Crippen LogP contribution >= 0.6 is 11.6 Å². The molecule has 0 aliphatic heterocycles. The second kappa shape index (κ2) is 8.54. The number of ether oxygens (including phenoxy) is 1. The van der Waals surface area contributed by atoms with E-state index < -0.39 is 23.3 Å². The Kier molecular flexibility index (Phi) is 7.06. The highest BCUT2D eigenvalue weighted by molar-refractivity contribution is 6.20. The molecule has 0 N–H and O–H groups in total. The molecule has 2 atom stereocenters. The third-order valence-corrected chi connectivity index (χ3v) is 3.26. The van der Waals surface area contributed by atoms with Gasteiger partial charge in [-0.2, -0.15) is 0 Å². The van der Waals surface area contributed by atoms with E-state index in [0.717, 1.165) is 0 Å². The highest BCUT2D eigenvalue weighted by atomic mass is 35.5. The zero-order valence-electron chi connectivity index (χ0n) is 13.0. The Bertz CT molecular complexity index is 588. The summed E-state index contributed by atoms with van der Waals surface area (Å²) in [5.74, 6) is -1.59. The van der Waals surface area contributed by atoms with Crippen molar-refractivity contribution in [3.63, 3.8) is 0 Å². The molecular formula is C18H20ClFO2. The Labute approximate surface area is 135 Å². The van der Waals surface area contributed by atoms with E-state index >= 15 is 0 Å². The zero-order valence-corrected chi connectivity index (χ0v) is 13.7. The molecule has 0 radical (unpaired) electrons. The summed E-state index contributed by atoms with van der Waals surface area (Å²) in [6, 6.07) is 9.02. The molecule has 2 nitrogen and oxygen atoms in total. The van der Waals surface area contributed by atoms with Crippen molar-refractivity contribution in [2.75, 3.05) is 0 Å². The lowest BCUT2D eigenvalue weighted by molar-refractivity contribution is -0.147. The number of halogens is 2. The lowest BCUT2D eigenvalue weighted by Gasteiger charge is -2.14. The van der Waals surface area contributed by atoms with Gasteiger partial charge in [-0.05, 0) is 38.0 Å². The number of benzene rings is 1. The van der Waals surface area contributed by atoms with Crippen LogP contribution < -0.4 is 0 Å². The third-order valence-electron chi connectivity index (χ3n) is 3.17. The van der Waals surface area contributed by atoms with Crippen LogP contribution in [0, 0.1) is 5.92 Å². The first-order valence-corrected chi connectivity index (χ1v) is 7.43. The highest BCUT2D eigenvalue weighted by Crippen LogP contribution is 2.26. The fourth-order valence-electron chi connectivity index (χ4n) is 1.87. The summed E-state index contributed by atoms with van der Waals surface area (Å²) < 4.78 is 19.3. The molecule has 0 saturated carbocycles. The second-order valence-electron chi connectivity index (χ2n) is 4.83. The van der Waals surface area contributed by atoms with E-state index in [1.807, 2.05) is 18.2 Å². The van der Waals surface area contributed by atoms with Crippen molar-refractivity contribution >= 4 is 23.1 Å². The molecule has 1 aromatic carbocycles. The predicted octanol–water partition coefficient (Wildman–Crippen LogP) is 5.26. The van der Waals surface area contributed by atoms with Crippen LogP contribution in [0.4, 0.5) is 4.39 Å². The molecule has 22 heavy (non-hydrogen) atoms. The molecule has 0 saturated heterocycles. The summed E-state index contributed by atoms with van der Waals surface area (Å²) >= 11 is 5.63. The van der Waals surface area contributed by atoms with E-state index in [4.69, 9.17) is 16.3 Å². The van der Waals surface area contributed by atoms with Gasteiger partial charge in [0.05, 0.1) is 5.92 Å². The van der Waals surface area contributed by atoms with Crippen molar-refractivity contribution in [2.24, 2.45) is 5.92 Å². The quantitative estimate of drug-likeness (QED) is 0.405. The smallest absolute Gasteiger partial charge is 0.314 e. The minimum absolute atomic E-state index is 0.270. The molecular weight excluding hydrogens is 303 g/mol. The standard InChI is InChI=1S/C18H20ClFO2/c1-5-15(13(3)18(21)22-14(4)19)11-17(20)12(2)16-9-7-6-8-10-16/h5-11,13-14H,2H2,1,3-4H3. The number of alkyl halides is 1. The molecule has 2 unspecified atom stereocenters. The van der Waals surface area contributed by atoms with Crippen LogP contribution in [0.3, 0.4) is 0 Å². The van der Waals surface area contributed by atoms with Gasteiger partial charge < -0.3 is 4.74 Å². The van der Waals surface area contributed by atoms with Gasteiger partial charge in [-0.15, -0.1) is 0 Å². The molecule has 0 amide bonds. The maximum absolute atomic E-state index is 14.3. The molecule has 0 aromatic heterocycles. The Morgan fingerprint density at radius 2 is 1.91 bits per heavy atom. The number of rotatable bonds is 6. The lowest BCUT2D eigenvalue weighted by Crippen LogP contribution is -2.19. The molecule has 0 bridgehead atoms. The monoisotopic (exact) mass is 322 g/mol. The summed E-state index contributed by atoms with van der Waals surface area (Å²) in [5.41, 5.74) is 0.751. The molecule has 0 aliphatic carbocycles. The van der Waals surface area contributed by atoms with Crippen molar-refractivity contribution in [1.82, 2.24) is 0 Å². The van der Waals surface area contributed by atoms with Crippen molar-refractivity contribution in [3.05, 3.63) is 66.0 Å². The zero-order chi connectivity index (χ0) is 16.7. The van der Waals surface area contributed by atoms with E-state index in [0.29, 0.717) is 11.1 Å². The topological polar surface area (TPSA) is 26.3 Å². The highest BCUT2D eigenvalue weighted by Gasteiger charge is 2.20. The van der Waals surface area contributed by atoms with Crippen molar-refractivity contribution in [2.45, 2.75) is 26.3 Å². The van der Waals surface area contributed by atoms with Crippen molar-refractivity contribution < 1.29 is 13.9 Å². The first-order chi connectivity index (χ1) is 10.4. The molecule has 0 spiro atoms. The number of carbonyl (C=O) groups is 1. The molecule has 1 aromatic rings. The van der Waals surface area contributed by atoms with Crippen LogP contribution in [-0.2, 0) is 9.53 Å². The number of allylic oxidation sites excluding steroid dienone is 4. The van der Waals surface area contributed by atoms with Crippen LogP contribution in [0.15, 0.2) is 60.5 Å². The van der Waals surface area contributed by atoms with E-state index in [2.05, 4.69) is 6.58 Å². The fourth-order valence-corrected chi connectivity index (χ4v) is 1.96. The number of hydrogen-bond acceptors (Lipinski definition) is 2. The van der Waals surface area contributed by atoms with E-state index in [9.17, 15) is 9.18 Å². The van der Waals surface area contributed by atoms with Crippen LogP contribution in [0.2, 0.25) is 0 Å². The van der Waals surface area contributed by atoms with E-state index in [-0.39, 0.29) is 5.57 Å². The first kappa shape index (κ1) is 18.2. The van der Waals surface area contributed by atoms with Gasteiger partial charge in [-0.3, -0.25) is 4.79 Å². The normalized spacial score (nSPS) is 15.1. The largest absolute Gasteiger partial charge is 0.446 e. The minimum atomic E-state index is -0.721. The summed E-state index contributed by atoms with van der Waals surface area (Å²) in [7, 11) is 0. The number of hydrogen-bond donors (Lipinski definition) is 0. The number of esters is 1. The van der Waals surface area contributed by atoms with Gasteiger partial charge in [0.2, 0.25) is 0 Å². The van der Waals surface area contributed by atoms with E-state index in [1.54, 1.807) is 39.0 Å². The molecule has 0 heterocycles. The van der Waals surface area contributed by atoms with Crippen LogP contribution in [0.1, 0.15) is 26.3 Å². The van der Waals surface area contributed by atoms with Gasteiger partial charge in [0.25, 0.3) is 0 Å². The molecule has 0 aliphatic rings. The third kappa shape index (κ3) is 5.15. The predicted molar refractivity (Wildman–Crippen MR) is 89.0 cm³/mol. The second-order valence-corrected chi connectivity index (χ2v) is 5.44. The van der Waals surface area contributed by atoms with Gasteiger partial charge in [0.1, 0.15) is 5.83 Å². The maximum Gasteiger partial charge on any atom is 0.314 e. The van der Waals surface area contributed by atoms with Gasteiger partial charge >= 0.3 is 5.97 Å². The average molecular weight is 323 g/mol. The minimum Gasteiger partial charge on any atom is -0.446 e. The Hall–Kier alpha value is -1.87. The van der Waals surface area contributed by atoms with Crippen LogP contribution in [0.25, 0.3) is 5.57 Å². The van der Waals surface area contributed by atoms with Crippen LogP contribution in [-0.4, -0.2) is 11.5 Å². The van der Waals surface area contributed by atoms with Gasteiger partial charge in [-0.1, -0.05) is 54.6 Å².